The van der Waals surface area contributed by atoms with Crippen molar-refractivity contribution in [2.45, 2.75) is 26.3 Å². The Morgan fingerprint density at radius 3 is 2.86 bits per heavy atom. The summed E-state index contributed by atoms with van der Waals surface area (Å²) in [4.78, 5) is 12.6. The van der Waals surface area contributed by atoms with Gasteiger partial charge in [0.1, 0.15) is 10.8 Å². The van der Waals surface area contributed by atoms with Crippen molar-refractivity contribution < 1.29 is 14.3 Å². The number of benzene rings is 1. The lowest BCUT2D eigenvalue weighted by atomic mass is 10.2. The first-order valence-corrected chi connectivity index (χ1v) is 7.43. The molecule has 0 aliphatic heterocycles. The summed E-state index contributed by atoms with van der Waals surface area (Å²) in [6.07, 6.45) is 0.779. The highest BCUT2D eigenvalue weighted by atomic mass is 32.1. The van der Waals surface area contributed by atoms with E-state index in [4.69, 9.17) is 5.11 Å². The Kier molecular flexibility index (Phi) is 5.21. The first-order valence-electron chi connectivity index (χ1n) is 6.62. The number of hydrogen-bond acceptors (Lipinski definition) is 5. The van der Waals surface area contributed by atoms with E-state index in [9.17, 15) is 9.18 Å². The largest absolute Gasteiger partial charge is 0.481 e. The predicted octanol–water partition coefficient (Wildman–Crippen LogP) is 2.72. The highest BCUT2D eigenvalue weighted by Gasteiger charge is 2.14. The summed E-state index contributed by atoms with van der Waals surface area (Å²) < 4.78 is 13.3. The Bertz CT molecular complexity index is 618. The van der Waals surface area contributed by atoms with Crippen molar-refractivity contribution in [2.24, 2.45) is 0 Å². The third-order valence-electron chi connectivity index (χ3n) is 2.89. The molecule has 5 nitrogen and oxygen atoms in total. The van der Waals surface area contributed by atoms with Crippen LogP contribution >= 0.6 is 11.3 Å². The Labute approximate surface area is 126 Å². The fraction of sp³-hybridized carbons (Fsp3) is 0.357. The number of carbonyl (C=O) groups is 1. The van der Waals surface area contributed by atoms with E-state index in [1.54, 1.807) is 12.1 Å². The number of anilines is 1. The molecule has 0 saturated carbocycles. The third kappa shape index (κ3) is 4.49. The molecule has 0 atom stereocenters. The summed E-state index contributed by atoms with van der Waals surface area (Å²) in [7, 11) is 0. The van der Waals surface area contributed by atoms with Crippen LogP contribution in [0.2, 0.25) is 0 Å². The number of carboxylic acids is 1. The molecule has 7 heteroatoms. The summed E-state index contributed by atoms with van der Waals surface area (Å²) in [6, 6.07) is 6.26. The van der Waals surface area contributed by atoms with Crippen LogP contribution in [0.5, 0.6) is 0 Å². The smallest absolute Gasteiger partial charge is 0.305 e. The molecule has 0 radical (unpaired) electrons. The van der Waals surface area contributed by atoms with Gasteiger partial charge in [-0.15, -0.1) is 10.2 Å². The Balaban J connectivity index is 2.16. The summed E-state index contributed by atoms with van der Waals surface area (Å²) in [5.41, 5.74) is 0.772. The van der Waals surface area contributed by atoms with E-state index in [0.29, 0.717) is 18.2 Å². The molecular weight excluding hydrogens is 293 g/mol. The van der Waals surface area contributed by atoms with Crippen molar-refractivity contribution in [2.75, 3.05) is 11.4 Å². The highest BCUT2D eigenvalue weighted by Crippen LogP contribution is 2.23. The van der Waals surface area contributed by atoms with Gasteiger partial charge in [-0.1, -0.05) is 30.4 Å². The summed E-state index contributed by atoms with van der Waals surface area (Å²) in [5.74, 6) is -1.18. The van der Waals surface area contributed by atoms with Gasteiger partial charge in [0, 0.05) is 13.1 Å². The van der Waals surface area contributed by atoms with Gasteiger partial charge in [-0.05, 0) is 24.1 Å². The lowest BCUT2D eigenvalue weighted by Gasteiger charge is -2.20. The number of rotatable bonds is 7. The first kappa shape index (κ1) is 15.4. The van der Waals surface area contributed by atoms with Crippen molar-refractivity contribution >= 4 is 22.4 Å². The molecule has 0 spiro atoms. The summed E-state index contributed by atoms with van der Waals surface area (Å²) >= 11 is 1.43. The molecule has 0 aliphatic carbocycles. The van der Waals surface area contributed by atoms with Gasteiger partial charge in [-0.2, -0.15) is 0 Å². The van der Waals surface area contributed by atoms with Gasteiger partial charge in [-0.25, -0.2) is 4.39 Å². The second-order valence-corrected chi connectivity index (χ2v) is 5.57. The van der Waals surface area contributed by atoms with Crippen molar-refractivity contribution in [3.8, 4) is 0 Å². The predicted molar refractivity (Wildman–Crippen MR) is 79.0 cm³/mol. The summed E-state index contributed by atoms with van der Waals surface area (Å²) in [5, 5.41) is 18.5. The van der Waals surface area contributed by atoms with Gasteiger partial charge in [0.05, 0.1) is 6.42 Å². The lowest BCUT2D eigenvalue weighted by molar-refractivity contribution is -0.136. The average molecular weight is 309 g/mol. The molecule has 1 heterocycles. The molecule has 0 bridgehead atoms. The number of aromatic nitrogens is 2. The fourth-order valence-corrected chi connectivity index (χ4v) is 2.65. The van der Waals surface area contributed by atoms with E-state index in [1.807, 2.05) is 11.8 Å². The van der Waals surface area contributed by atoms with Gasteiger partial charge < -0.3 is 10.0 Å². The number of carboxylic acid groups (broad SMARTS) is 1. The van der Waals surface area contributed by atoms with Gasteiger partial charge in [0.15, 0.2) is 0 Å². The molecule has 0 amide bonds. The van der Waals surface area contributed by atoms with Gasteiger partial charge in [0.25, 0.3) is 0 Å². The number of halogens is 1. The van der Waals surface area contributed by atoms with Crippen molar-refractivity contribution in [3.05, 3.63) is 40.7 Å². The molecule has 0 fully saturated rings. The fourth-order valence-electron chi connectivity index (χ4n) is 1.84. The van der Waals surface area contributed by atoms with E-state index in [0.717, 1.165) is 17.0 Å². The molecule has 21 heavy (non-hydrogen) atoms. The van der Waals surface area contributed by atoms with Crippen LogP contribution in [0, 0.1) is 5.82 Å². The first-order chi connectivity index (χ1) is 10.1. The number of hydrogen-bond donors (Lipinski definition) is 1. The number of nitrogens with zero attached hydrogens (tertiary/aromatic N) is 3. The Morgan fingerprint density at radius 1 is 1.43 bits per heavy atom. The Morgan fingerprint density at radius 2 is 2.24 bits per heavy atom. The minimum absolute atomic E-state index is 0.00362. The second kappa shape index (κ2) is 7.12. The monoisotopic (exact) mass is 309 g/mol. The van der Waals surface area contributed by atoms with Crippen LogP contribution in [0.25, 0.3) is 0 Å². The maximum atomic E-state index is 13.3. The molecule has 2 aromatic rings. The van der Waals surface area contributed by atoms with Crippen molar-refractivity contribution in [1.82, 2.24) is 10.2 Å². The lowest BCUT2D eigenvalue weighted by Crippen LogP contribution is -2.25. The van der Waals surface area contributed by atoms with E-state index in [-0.39, 0.29) is 12.2 Å². The zero-order chi connectivity index (χ0) is 15.2. The molecule has 0 unspecified atom stereocenters. The molecule has 1 aromatic heterocycles. The SMILES string of the molecule is CCc1nnc(N(CCC(=O)O)Cc2cccc(F)c2)s1. The molecular formula is C14H16FN3O2S. The zero-order valence-electron chi connectivity index (χ0n) is 11.6. The van der Waals surface area contributed by atoms with Gasteiger partial charge >= 0.3 is 5.97 Å². The molecule has 0 aliphatic rings. The van der Waals surface area contributed by atoms with Crippen LogP contribution in [-0.2, 0) is 17.8 Å². The van der Waals surface area contributed by atoms with Crippen LogP contribution in [0.3, 0.4) is 0 Å². The molecule has 112 valence electrons. The maximum absolute atomic E-state index is 13.3. The van der Waals surface area contributed by atoms with Crippen molar-refractivity contribution in [1.29, 1.82) is 0 Å². The van der Waals surface area contributed by atoms with Crippen molar-refractivity contribution in [3.63, 3.8) is 0 Å². The third-order valence-corrected chi connectivity index (χ3v) is 4.02. The molecule has 2 rings (SSSR count). The minimum Gasteiger partial charge on any atom is -0.481 e. The average Bonchev–Trinajstić information content (AvgIpc) is 2.92. The van der Waals surface area contributed by atoms with Crippen LogP contribution in [0.4, 0.5) is 9.52 Å². The van der Waals surface area contributed by atoms with Crippen LogP contribution in [-0.4, -0.2) is 27.8 Å². The topological polar surface area (TPSA) is 66.3 Å². The second-order valence-electron chi connectivity index (χ2n) is 4.53. The zero-order valence-corrected chi connectivity index (χ0v) is 12.4. The minimum atomic E-state index is -0.875. The summed E-state index contributed by atoms with van der Waals surface area (Å²) in [6.45, 7) is 2.70. The molecule has 1 N–H and O–H groups in total. The van der Waals surface area contributed by atoms with Crippen LogP contribution in [0.15, 0.2) is 24.3 Å². The molecule has 1 aromatic carbocycles. The van der Waals surface area contributed by atoms with Crippen LogP contribution in [0.1, 0.15) is 23.9 Å². The number of aryl methyl sites for hydroxylation is 1. The van der Waals surface area contributed by atoms with E-state index in [1.165, 1.54) is 23.5 Å². The van der Waals surface area contributed by atoms with Crippen LogP contribution < -0.4 is 4.90 Å². The standard InChI is InChI=1S/C14H16FN3O2S/c1-2-12-16-17-14(21-12)18(7-6-13(19)20)9-10-4-3-5-11(15)8-10/h3-5,8H,2,6-7,9H2,1H3,(H,19,20). The van der Waals surface area contributed by atoms with E-state index < -0.39 is 5.97 Å². The Hall–Kier alpha value is -2.02. The van der Waals surface area contributed by atoms with E-state index >= 15 is 0 Å². The highest BCUT2D eigenvalue weighted by molar-refractivity contribution is 7.15. The van der Waals surface area contributed by atoms with E-state index in [2.05, 4.69) is 10.2 Å². The maximum Gasteiger partial charge on any atom is 0.305 e. The van der Waals surface area contributed by atoms with Gasteiger partial charge in [0.2, 0.25) is 5.13 Å². The van der Waals surface area contributed by atoms with Gasteiger partial charge in [-0.3, -0.25) is 4.79 Å². The quantitative estimate of drug-likeness (QED) is 0.852. The number of aliphatic carboxylic acids is 1. The molecule has 0 saturated heterocycles. The normalized spacial score (nSPS) is 10.6.